The number of rotatable bonds is 6. The summed E-state index contributed by atoms with van der Waals surface area (Å²) in [7, 11) is 0. The third kappa shape index (κ3) is 6.48. The van der Waals surface area contributed by atoms with Crippen molar-refractivity contribution < 1.29 is 0 Å². The summed E-state index contributed by atoms with van der Waals surface area (Å²) in [6.07, 6.45) is 1.16. The van der Waals surface area contributed by atoms with Gasteiger partial charge in [0.25, 0.3) is 0 Å². The normalized spacial score (nSPS) is 15.3. The summed E-state index contributed by atoms with van der Waals surface area (Å²) >= 11 is 0. The van der Waals surface area contributed by atoms with Gasteiger partial charge in [0.15, 0.2) is 11.6 Å². The Kier molecular flexibility index (Phi) is 9.19. The Hall–Kier alpha value is -8.15. The highest BCUT2D eigenvalue weighted by Gasteiger charge is 2.42. The lowest BCUT2D eigenvalue weighted by Gasteiger charge is -2.46. The van der Waals surface area contributed by atoms with Crippen molar-refractivity contribution in [2.45, 2.75) is 51.9 Å². The van der Waals surface area contributed by atoms with Crippen molar-refractivity contribution in [3.8, 4) is 56.7 Å². The van der Waals surface area contributed by atoms with E-state index in [9.17, 15) is 0 Å². The maximum absolute atomic E-state index is 5.51. The van der Waals surface area contributed by atoms with Crippen molar-refractivity contribution in [2.75, 3.05) is 0 Å². The molecular weight excluding hydrogens is 839 g/mol. The minimum absolute atomic E-state index is 0.0802. The van der Waals surface area contributed by atoms with Crippen LogP contribution >= 0.6 is 0 Å². The third-order valence-corrected chi connectivity index (χ3v) is 15.5. The number of aromatic nitrogens is 5. The van der Waals surface area contributed by atoms with Crippen LogP contribution in [-0.2, 0) is 10.8 Å². The van der Waals surface area contributed by atoms with Crippen molar-refractivity contribution in [1.82, 2.24) is 24.1 Å². The van der Waals surface area contributed by atoms with Gasteiger partial charge in [0.1, 0.15) is 0 Å². The van der Waals surface area contributed by atoms with Crippen LogP contribution in [0.1, 0.15) is 52.2 Å². The van der Waals surface area contributed by atoms with Gasteiger partial charge in [-0.05, 0) is 97.7 Å². The molecule has 0 saturated heterocycles. The Morgan fingerprint density at radius 1 is 0.420 bits per heavy atom. The molecule has 3 aromatic heterocycles. The van der Waals surface area contributed by atoms with E-state index in [-0.39, 0.29) is 10.8 Å². The highest BCUT2D eigenvalue weighted by atomic mass is 15.2. The first-order chi connectivity index (χ1) is 33.6. The van der Waals surface area contributed by atoms with Crippen molar-refractivity contribution in [3.05, 3.63) is 211 Å². The quantitative estimate of drug-likeness (QED) is 0.167. The zero-order valence-electron chi connectivity index (χ0n) is 39.6. The van der Waals surface area contributed by atoms with Crippen LogP contribution in [0.4, 0.5) is 0 Å². The molecule has 0 N–H and O–H groups in total. The van der Waals surface area contributed by atoms with Crippen molar-refractivity contribution in [3.63, 3.8) is 0 Å². The molecule has 12 aromatic rings. The largest absolute Gasteiger partial charge is 0.307 e. The maximum atomic E-state index is 5.51. The second kappa shape index (κ2) is 15.4. The minimum atomic E-state index is 0.0802. The van der Waals surface area contributed by atoms with E-state index < -0.39 is 0 Å². The van der Waals surface area contributed by atoms with Crippen LogP contribution in [-0.4, -0.2) is 24.1 Å². The van der Waals surface area contributed by atoms with E-state index in [1.807, 2.05) is 0 Å². The molecule has 0 spiro atoms. The maximum Gasteiger partial charge on any atom is 0.238 e. The summed E-state index contributed by atoms with van der Waals surface area (Å²) in [5, 5.41) is 6.84. The van der Waals surface area contributed by atoms with Gasteiger partial charge in [0.05, 0.1) is 22.1 Å². The van der Waals surface area contributed by atoms with E-state index in [2.05, 4.69) is 244 Å². The van der Waals surface area contributed by atoms with Gasteiger partial charge in [-0.2, -0.15) is 9.97 Å². The van der Waals surface area contributed by atoms with Crippen molar-refractivity contribution >= 4 is 54.4 Å². The van der Waals surface area contributed by atoms with Gasteiger partial charge in [-0.25, -0.2) is 4.98 Å². The number of benzene rings is 9. The average molecular weight is 890 g/mol. The van der Waals surface area contributed by atoms with Gasteiger partial charge in [0.2, 0.25) is 5.95 Å². The molecular formula is C64H51N5. The number of nitrogens with zero attached hydrogens (tertiary/aromatic N) is 5. The molecule has 0 amide bonds. The fourth-order valence-corrected chi connectivity index (χ4v) is 11.6. The molecule has 0 saturated carbocycles. The zero-order chi connectivity index (χ0) is 46.6. The van der Waals surface area contributed by atoms with Crippen LogP contribution in [0, 0.1) is 5.92 Å². The topological polar surface area (TPSA) is 48.5 Å². The molecule has 9 aromatic carbocycles. The summed E-state index contributed by atoms with van der Waals surface area (Å²) in [6.45, 7) is 12.1. The molecule has 1 unspecified atom stereocenters. The fourth-order valence-electron chi connectivity index (χ4n) is 11.6. The van der Waals surface area contributed by atoms with Crippen LogP contribution in [0.25, 0.3) is 111 Å². The number of para-hydroxylation sites is 2. The van der Waals surface area contributed by atoms with Crippen molar-refractivity contribution in [2.24, 2.45) is 5.92 Å². The number of hydrogen-bond donors (Lipinski definition) is 0. The Bertz CT molecular complexity index is 4010. The monoisotopic (exact) mass is 889 g/mol. The molecule has 13 rings (SSSR count). The van der Waals surface area contributed by atoms with Crippen molar-refractivity contribution in [1.29, 1.82) is 0 Å². The lowest BCUT2D eigenvalue weighted by atomic mass is 9.58. The first-order valence-corrected chi connectivity index (χ1v) is 24.2. The molecule has 5 nitrogen and oxygen atoms in total. The third-order valence-electron chi connectivity index (χ3n) is 15.5. The summed E-state index contributed by atoms with van der Waals surface area (Å²) in [4.78, 5) is 16.3. The van der Waals surface area contributed by atoms with Gasteiger partial charge >= 0.3 is 0 Å². The molecule has 0 bridgehead atoms. The molecule has 0 radical (unpaired) electrons. The van der Waals surface area contributed by atoms with Crippen LogP contribution in [0.3, 0.4) is 0 Å². The molecule has 0 aliphatic heterocycles. The first-order valence-electron chi connectivity index (χ1n) is 24.2. The highest BCUT2D eigenvalue weighted by molar-refractivity contribution is 6.23. The van der Waals surface area contributed by atoms with Gasteiger partial charge < -0.3 is 4.57 Å². The van der Waals surface area contributed by atoms with E-state index in [1.54, 1.807) is 0 Å². The Labute approximate surface area is 402 Å². The van der Waals surface area contributed by atoms with E-state index in [4.69, 9.17) is 15.0 Å². The van der Waals surface area contributed by atoms with Crippen LogP contribution in [0.15, 0.2) is 200 Å². The van der Waals surface area contributed by atoms with E-state index in [0.717, 1.165) is 78.0 Å². The standard InChI is InChI=1S/C64H51N5/c1-40-39-63(2,3)55-38-45(32-35-54(55)64(40,4)5)44-23-16-25-47(37-44)68-56-30-13-11-27-49(56)51-33-34-52-50-28-12-14-31-57(50)69(59(52)58(51)68)62-66-60(46-24-15-22-43(36-46)41-18-7-6-8-19-41)65-61(67-62)53-29-17-21-42-20-9-10-26-48(42)53/h6-38,40H,39H2,1-5H3. The minimum Gasteiger partial charge on any atom is -0.307 e. The molecule has 69 heavy (non-hydrogen) atoms. The molecule has 3 heterocycles. The van der Waals surface area contributed by atoms with Crippen LogP contribution in [0.5, 0.6) is 0 Å². The predicted octanol–water partition coefficient (Wildman–Crippen LogP) is 16.5. The summed E-state index contributed by atoms with van der Waals surface area (Å²) in [5.41, 5.74) is 15.1. The first kappa shape index (κ1) is 41.1. The smallest absolute Gasteiger partial charge is 0.238 e. The van der Waals surface area contributed by atoms with Crippen LogP contribution < -0.4 is 0 Å². The molecule has 1 aliphatic carbocycles. The summed E-state index contributed by atoms with van der Waals surface area (Å²) in [5.74, 6) is 2.38. The second-order valence-electron chi connectivity index (χ2n) is 20.3. The highest BCUT2D eigenvalue weighted by Crippen LogP contribution is 2.50. The van der Waals surface area contributed by atoms with Gasteiger partial charge in [-0.1, -0.05) is 204 Å². The van der Waals surface area contributed by atoms with Gasteiger partial charge in [-0.3, -0.25) is 4.57 Å². The van der Waals surface area contributed by atoms with E-state index >= 15 is 0 Å². The van der Waals surface area contributed by atoms with Gasteiger partial charge in [0, 0.05) is 38.4 Å². The summed E-state index contributed by atoms with van der Waals surface area (Å²) in [6, 6.07) is 72.3. The summed E-state index contributed by atoms with van der Waals surface area (Å²) < 4.78 is 4.76. The molecule has 332 valence electrons. The molecule has 0 fully saturated rings. The molecule has 1 atom stereocenters. The second-order valence-corrected chi connectivity index (χ2v) is 20.3. The van der Waals surface area contributed by atoms with Crippen LogP contribution in [0.2, 0.25) is 0 Å². The van der Waals surface area contributed by atoms with E-state index in [1.165, 1.54) is 33.0 Å². The molecule has 1 aliphatic rings. The lowest BCUT2D eigenvalue weighted by Crippen LogP contribution is -2.40. The average Bonchev–Trinajstić information content (AvgIpc) is 3.91. The van der Waals surface area contributed by atoms with E-state index in [0.29, 0.717) is 23.5 Å². The Morgan fingerprint density at radius 2 is 0.986 bits per heavy atom. The lowest BCUT2D eigenvalue weighted by molar-refractivity contribution is 0.233. The predicted molar refractivity (Wildman–Crippen MR) is 288 cm³/mol. The SMILES string of the molecule is CC1CC(C)(C)c2cc(-c3cccc(-n4c5ccccc5c5ccc6c7ccccc7n(-c7nc(-c8cccc(-c9ccccc9)c8)nc(-c8cccc9ccccc89)n7)c6c54)c3)ccc2C1(C)C. The Morgan fingerprint density at radius 3 is 1.75 bits per heavy atom. The van der Waals surface area contributed by atoms with Gasteiger partial charge in [-0.15, -0.1) is 0 Å². The Balaban J connectivity index is 1.09. The molecule has 5 heteroatoms. The zero-order valence-corrected chi connectivity index (χ0v) is 39.6. The number of fused-ring (bicyclic) bond motifs is 9. The number of hydrogen-bond acceptors (Lipinski definition) is 3. The fraction of sp³-hybridized carbons (Fsp3) is 0.141.